The number of carbonyl (C=O) groups excluding carboxylic acids is 1. The SMILES string of the molecule is N=C1CC(=O)CC(c2cc(Cl)sc2Cl)C1. The molecule has 0 aromatic carbocycles. The van der Waals surface area contributed by atoms with Crippen LogP contribution in [-0.4, -0.2) is 11.5 Å². The van der Waals surface area contributed by atoms with Crippen LogP contribution in [0.3, 0.4) is 0 Å². The van der Waals surface area contributed by atoms with Crippen molar-refractivity contribution >= 4 is 46.0 Å². The van der Waals surface area contributed by atoms with Gasteiger partial charge in [0.15, 0.2) is 0 Å². The zero-order valence-electron chi connectivity index (χ0n) is 7.85. The van der Waals surface area contributed by atoms with E-state index in [0.29, 0.717) is 33.6 Å². The van der Waals surface area contributed by atoms with Crippen LogP contribution in [-0.2, 0) is 4.79 Å². The van der Waals surface area contributed by atoms with Crippen LogP contribution in [0.2, 0.25) is 8.67 Å². The summed E-state index contributed by atoms with van der Waals surface area (Å²) in [5.74, 6) is 0.171. The normalized spacial score (nSPS) is 22.1. The molecule has 2 rings (SSSR count). The van der Waals surface area contributed by atoms with Crippen molar-refractivity contribution in [3.05, 3.63) is 20.3 Å². The number of halogens is 2. The Bertz CT molecular complexity index is 411. The summed E-state index contributed by atoms with van der Waals surface area (Å²) in [5, 5.41) is 7.58. The monoisotopic (exact) mass is 261 g/mol. The number of rotatable bonds is 1. The number of Topliss-reactive ketones (excluding diaryl/α,β-unsaturated/α-hetero) is 1. The second-order valence-electron chi connectivity index (χ2n) is 3.70. The van der Waals surface area contributed by atoms with Crippen LogP contribution in [0.1, 0.15) is 30.7 Å². The molecule has 1 heterocycles. The van der Waals surface area contributed by atoms with Crippen molar-refractivity contribution in [2.45, 2.75) is 25.2 Å². The van der Waals surface area contributed by atoms with E-state index in [1.807, 2.05) is 6.07 Å². The summed E-state index contributed by atoms with van der Waals surface area (Å²) in [7, 11) is 0. The molecule has 5 heteroatoms. The number of hydrogen-bond donors (Lipinski definition) is 1. The first-order chi connectivity index (χ1) is 7.06. The molecule has 15 heavy (non-hydrogen) atoms. The van der Waals surface area contributed by atoms with Crippen molar-refractivity contribution in [1.82, 2.24) is 0 Å². The van der Waals surface area contributed by atoms with Gasteiger partial charge in [0.2, 0.25) is 0 Å². The molecule has 1 aromatic rings. The average molecular weight is 262 g/mol. The van der Waals surface area contributed by atoms with Crippen molar-refractivity contribution in [2.24, 2.45) is 0 Å². The van der Waals surface area contributed by atoms with Gasteiger partial charge in [-0.1, -0.05) is 23.2 Å². The van der Waals surface area contributed by atoms with Crippen LogP contribution >= 0.6 is 34.5 Å². The Labute approximate surface area is 102 Å². The minimum Gasteiger partial charge on any atom is -0.309 e. The van der Waals surface area contributed by atoms with Crippen LogP contribution in [0.15, 0.2) is 6.07 Å². The van der Waals surface area contributed by atoms with Gasteiger partial charge >= 0.3 is 0 Å². The summed E-state index contributed by atoms with van der Waals surface area (Å²) >= 11 is 13.2. The highest BCUT2D eigenvalue weighted by molar-refractivity contribution is 7.20. The second-order valence-corrected chi connectivity index (χ2v) is 5.99. The molecular weight excluding hydrogens is 253 g/mol. The Morgan fingerprint density at radius 2 is 2.13 bits per heavy atom. The van der Waals surface area contributed by atoms with E-state index in [9.17, 15) is 4.79 Å². The first kappa shape index (κ1) is 11.1. The summed E-state index contributed by atoms with van der Waals surface area (Å²) in [5.41, 5.74) is 1.42. The smallest absolute Gasteiger partial charge is 0.139 e. The molecule has 0 saturated heterocycles. The van der Waals surface area contributed by atoms with Crippen molar-refractivity contribution in [3.8, 4) is 0 Å². The molecule has 0 bridgehead atoms. The highest BCUT2D eigenvalue weighted by Crippen LogP contribution is 2.40. The van der Waals surface area contributed by atoms with Gasteiger partial charge in [-0.2, -0.15) is 0 Å². The summed E-state index contributed by atoms with van der Waals surface area (Å²) < 4.78 is 1.28. The van der Waals surface area contributed by atoms with Crippen LogP contribution in [0.5, 0.6) is 0 Å². The Balaban J connectivity index is 2.27. The highest BCUT2D eigenvalue weighted by Gasteiger charge is 2.27. The fourth-order valence-corrected chi connectivity index (χ4v) is 3.50. The van der Waals surface area contributed by atoms with Crippen LogP contribution in [0.4, 0.5) is 0 Å². The van der Waals surface area contributed by atoms with Gasteiger partial charge in [0.25, 0.3) is 0 Å². The van der Waals surface area contributed by atoms with Crippen LogP contribution in [0, 0.1) is 5.41 Å². The Kier molecular flexibility index (Phi) is 3.14. The molecule has 1 aliphatic rings. The largest absolute Gasteiger partial charge is 0.309 e. The van der Waals surface area contributed by atoms with Gasteiger partial charge in [0.05, 0.1) is 8.67 Å². The van der Waals surface area contributed by atoms with Crippen molar-refractivity contribution in [1.29, 1.82) is 5.41 Å². The number of ketones is 1. The van der Waals surface area contributed by atoms with Gasteiger partial charge in [0, 0.05) is 18.6 Å². The molecule has 1 unspecified atom stereocenters. The lowest BCUT2D eigenvalue weighted by Crippen LogP contribution is -2.20. The van der Waals surface area contributed by atoms with Crippen molar-refractivity contribution in [3.63, 3.8) is 0 Å². The maximum absolute atomic E-state index is 11.4. The van der Waals surface area contributed by atoms with E-state index < -0.39 is 0 Å². The van der Waals surface area contributed by atoms with Crippen molar-refractivity contribution < 1.29 is 4.79 Å². The minimum atomic E-state index is 0.0509. The molecule has 0 amide bonds. The van der Waals surface area contributed by atoms with Gasteiger partial charge in [-0.3, -0.25) is 4.79 Å². The first-order valence-electron chi connectivity index (χ1n) is 4.59. The molecule has 2 nitrogen and oxygen atoms in total. The molecule has 0 aliphatic heterocycles. The fourth-order valence-electron chi connectivity index (χ4n) is 1.88. The number of hydrogen-bond acceptors (Lipinski definition) is 3. The molecule has 1 N–H and O–H groups in total. The summed E-state index contributed by atoms with van der Waals surface area (Å²) in [6, 6.07) is 1.81. The van der Waals surface area contributed by atoms with Crippen molar-refractivity contribution in [2.75, 3.05) is 0 Å². The summed E-state index contributed by atoms with van der Waals surface area (Å²) in [6.45, 7) is 0. The lowest BCUT2D eigenvalue weighted by atomic mass is 9.83. The van der Waals surface area contributed by atoms with Gasteiger partial charge in [-0.25, -0.2) is 0 Å². The second kappa shape index (κ2) is 4.24. The summed E-state index contributed by atoms with van der Waals surface area (Å²) in [4.78, 5) is 11.4. The van der Waals surface area contributed by atoms with E-state index in [-0.39, 0.29) is 11.7 Å². The van der Waals surface area contributed by atoms with Crippen LogP contribution < -0.4 is 0 Å². The minimum absolute atomic E-state index is 0.0509. The molecule has 1 saturated carbocycles. The summed E-state index contributed by atoms with van der Waals surface area (Å²) in [6.07, 6.45) is 1.40. The third-order valence-corrected chi connectivity index (χ3v) is 4.02. The highest BCUT2D eigenvalue weighted by atomic mass is 35.5. The number of thiophene rings is 1. The maximum atomic E-state index is 11.4. The van der Waals surface area contributed by atoms with E-state index >= 15 is 0 Å². The molecule has 80 valence electrons. The van der Waals surface area contributed by atoms with Gasteiger partial charge in [0.1, 0.15) is 5.78 Å². The van der Waals surface area contributed by atoms with E-state index in [2.05, 4.69) is 0 Å². The molecule has 0 spiro atoms. The zero-order chi connectivity index (χ0) is 11.0. The van der Waals surface area contributed by atoms with E-state index in [4.69, 9.17) is 28.6 Å². The van der Waals surface area contributed by atoms with E-state index in [1.165, 1.54) is 11.3 Å². The molecule has 1 aromatic heterocycles. The Hall–Kier alpha value is -0.380. The quantitative estimate of drug-likeness (QED) is 0.818. The van der Waals surface area contributed by atoms with Gasteiger partial charge in [-0.15, -0.1) is 11.3 Å². The molecular formula is C10H9Cl2NOS. The first-order valence-corrected chi connectivity index (χ1v) is 6.16. The van der Waals surface area contributed by atoms with Crippen LogP contribution in [0.25, 0.3) is 0 Å². The third-order valence-electron chi connectivity index (χ3n) is 2.50. The topological polar surface area (TPSA) is 40.9 Å². The third kappa shape index (κ3) is 2.41. The van der Waals surface area contributed by atoms with E-state index in [0.717, 1.165) is 5.56 Å². The average Bonchev–Trinajstić information content (AvgIpc) is 2.43. The fraction of sp³-hybridized carbons (Fsp3) is 0.400. The predicted octanol–water partition coefficient (Wildman–Crippen LogP) is 3.91. The Morgan fingerprint density at radius 3 is 2.67 bits per heavy atom. The molecule has 1 aliphatic carbocycles. The maximum Gasteiger partial charge on any atom is 0.139 e. The molecule has 1 fully saturated rings. The number of carbonyl (C=O) groups is 1. The zero-order valence-corrected chi connectivity index (χ0v) is 10.2. The molecule has 0 radical (unpaired) electrons. The van der Waals surface area contributed by atoms with E-state index in [1.54, 1.807) is 0 Å². The number of nitrogens with one attached hydrogen (secondary N) is 1. The predicted molar refractivity (Wildman–Crippen MR) is 63.7 cm³/mol. The standard InChI is InChI=1S/C10H9Cl2NOS/c11-9-4-8(10(12)15-9)5-1-6(13)3-7(14)2-5/h4-5,13H,1-3H2. The molecule has 1 atom stereocenters. The van der Waals surface area contributed by atoms with Gasteiger partial charge in [-0.05, 0) is 24.0 Å². The lowest BCUT2D eigenvalue weighted by molar-refractivity contribution is -0.118. The Morgan fingerprint density at radius 1 is 1.40 bits per heavy atom. The van der Waals surface area contributed by atoms with Gasteiger partial charge < -0.3 is 5.41 Å². The lowest BCUT2D eigenvalue weighted by Gasteiger charge is -2.21.